The Kier molecular flexibility index (Phi) is 6.54. The number of alkyl halides is 6. The van der Waals surface area contributed by atoms with Crippen molar-refractivity contribution in [3.8, 4) is 28.2 Å². The summed E-state index contributed by atoms with van der Waals surface area (Å²) in [6, 6.07) is 10.2. The Labute approximate surface area is 198 Å². The van der Waals surface area contributed by atoms with Crippen molar-refractivity contribution in [3.05, 3.63) is 65.5 Å². The zero-order valence-corrected chi connectivity index (χ0v) is 18.3. The predicted molar refractivity (Wildman–Crippen MR) is 116 cm³/mol. The van der Waals surface area contributed by atoms with E-state index in [0.29, 0.717) is 11.3 Å². The van der Waals surface area contributed by atoms with Crippen molar-refractivity contribution < 1.29 is 44.3 Å². The van der Waals surface area contributed by atoms with E-state index in [0.717, 1.165) is 24.3 Å². The number of fused-ring (bicyclic) bond motifs is 2. The Bertz CT molecular complexity index is 1460. The third-order valence-electron chi connectivity index (χ3n) is 5.16. The lowest BCUT2D eigenvalue weighted by molar-refractivity contribution is -0.118. The molecular formula is C24H16F8N2O2. The Morgan fingerprint density at radius 2 is 1.61 bits per heavy atom. The van der Waals surface area contributed by atoms with Crippen molar-refractivity contribution in [1.29, 1.82) is 0 Å². The molecule has 1 aliphatic heterocycles. The first kappa shape index (κ1) is 25.3. The smallest absolute Gasteiger partial charge is 0.407 e. The SMILES string of the molecule is COc1ccccc1-c1c2cc(F)/c(=N\CC(F)(F)F)cc-2oc2cc(NCC(F)(F)F)c(F)cc12. The fraction of sp³-hybridized carbons (Fsp3) is 0.208. The van der Waals surface area contributed by atoms with Gasteiger partial charge in [0, 0.05) is 34.2 Å². The molecule has 1 N–H and O–H groups in total. The first-order chi connectivity index (χ1) is 16.9. The summed E-state index contributed by atoms with van der Waals surface area (Å²) < 4.78 is 117. The Morgan fingerprint density at radius 1 is 0.889 bits per heavy atom. The van der Waals surface area contributed by atoms with E-state index in [9.17, 15) is 35.1 Å². The van der Waals surface area contributed by atoms with E-state index < -0.39 is 48.1 Å². The average molecular weight is 516 g/mol. The lowest BCUT2D eigenvalue weighted by Gasteiger charge is -2.19. The van der Waals surface area contributed by atoms with Crippen LogP contribution in [0, 0.1) is 11.6 Å². The molecule has 12 heteroatoms. The van der Waals surface area contributed by atoms with Crippen molar-refractivity contribution in [2.45, 2.75) is 12.4 Å². The fourth-order valence-electron chi connectivity index (χ4n) is 3.69. The van der Waals surface area contributed by atoms with Gasteiger partial charge < -0.3 is 14.5 Å². The first-order valence-electron chi connectivity index (χ1n) is 10.3. The molecule has 36 heavy (non-hydrogen) atoms. The number of methoxy groups -OCH3 is 1. The molecular weight excluding hydrogens is 500 g/mol. The number of nitrogens with one attached hydrogen (secondary N) is 1. The quantitative estimate of drug-likeness (QED) is 0.231. The van der Waals surface area contributed by atoms with Gasteiger partial charge in [0.1, 0.15) is 41.8 Å². The normalized spacial score (nSPS) is 13.0. The van der Waals surface area contributed by atoms with Gasteiger partial charge in [-0.15, -0.1) is 0 Å². The van der Waals surface area contributed by atoms with Crippen LogP contribution in [0.4, 0.5) is 40.8 Å². The molecule has 0 fully saturated rings. The highest BCUT2D eigenvalue weighted by Crippen LogP contribution is 2.44. The van der Waals surface area contributed by atoms with Crippen LogP contribution in [-0.2, 0) is 0 Å². The summed E-state index contributed by atoms with van der Waals surface area (Å²) in [5, 5.41) is 1.38. The van der Waals surface area contributed by atoms with Gasteiger partial charge in [0.25, 0.3) is 0 Å². The molecule has 1 aliphatic carbocycles. The molecule has 0 radical (unpaired) electrons. The standard InChI is InChI=1S/C24H16F8N2O2/c1-35-19-5-3-2-4-12(19)22-13-6-15(25)17(33-10-23(27,28)29)8-20(13)36-21-9-18(16(26)7-14(21)22)34-11-24(30,31)32/h2-9,33H,10-11H2,1H3/b34-18-. The van der Waals surface area contributed by atoms with Crippen molar-refractivity contribution in [3.63, 3.8) is 0 Å². The van der Waals surface area contributed by atoms with Crippen LogP contribution in [0.3, 0.4) is 0 Å². The molecule has 2 aromatic carbocycles. The number of anilines is 1. The van der Waals surface area contributed by atoms with Gasteiger partial charge in [0.05, 0.1) is 18.2 Å². The minimum atomic E-state index is -4.68. The van der Waals surface area contributed by atoms with E-state index in [1.807, 2.05) is 5.32 Å². The summed E-state index contributed by atoms with van der Waals surface area (Å²) in [4.78, 5) is 3.25. The number of para-hydroxylation sites is 1. The molecule has 0 spiro atoms. The van der Waals surface area contributed by atoms with Crippen LogP contribution < -0.4 is 15.4 Å². The molecule has 0 unspecified atom stereocenters. The average Bonchev–Trinajstić information content (AvgIpc) is 2.79. The lowest BCUT2D eigenvalue weighted by Crippen LogP contribution is -2.21. The summed E-state index contributed by atoms with van der Waals surface area (Å²) in [5.74, 6) is -1.94. The van der Waals surface area contributed by atoms with Crippen LogP contribution in [-0.4, -0.2) is 32.6 Å². The van der Waals surface area contributed by atoms with E-state index >= 15 is 0 Å². The highest BCUT2D eigenvalue weighted by Gasteiger charge is 2.29. The molecule has 0 saturated heterocycles. The maximum absolute atomic E-state index is 14.8. The van der Waals surface area contributed by atoms with Crippen LogP contribution >= 0.6 is 0 Å². The lowest BCUT2D eigenvalue weighted by atomic mass is 9.92. The highest BCUT2D eigenvalue weighted by molar-refractivity contribution is 6.04. The number of hydrogen-bond donors (Lipinski definition) is 1. The fourth-order valence-corrected chi connectivity index (χ4v) is 3.69. The number of benzene rings is 3. The van der Waals surface area contributed by atoms with Crippen LogP contribution in [0.25, 0.3) is 33.4 Å². The van der Waals surface area contributed by atoms with Crippen molar-refractivity contribution >= 4 is 16.7 Å². The minimum Gasteiger partial charge on any atom is -0.496 e. The van der Waals surface area contributed by atoms with Gasteiger partial charge in [0.2, 0.25) is 0 Å². The second-order valence-electron chi connectivity index (χ2n) is 7.71. The Balaban J connectivity index is 2.04. The second-order valence-corrected chi connectivity index (χ2v) is 7.71. The summed E-state index contributed by atoms with van der Waals surface area (Å²) >= 11 is 0. The molecule has 0 saturated carbocycles. The molecule has 1 heterocycles. The highest BCUT2D eigenvalue weighted by atomic mass is 19.4. The monoisotopic (exact) mass is 516 g/mol. The van der Waals surface area contributed by atoms with E-state index in [1.54, 1.807) is 24.3 Å². The van der Waals surface area contributed by atoms with Gasteiger partial charge in [-0.05, 0) is 18.2 Å². The van der Waals surface area contributed by atoms with Crippen LogP contribution in [0.2, 0.25) is 0 Å². The Hall–Kier alpha value is -3.83. The topological polar surface area (TPSA) is 46.8 Å². The summed E-state index contributed by atoms with van der Waals surface area (Å²) in [6.07, 6.45) is -9.31. The number of hydrogen-bond acceptors (Lipinski definition) is 4. The van der Waals surface area contributed by atoms with E-state index in [-0.39, 0.29) is 27.9 Å². The zero-order valence-electron chi connectivity index (χ0n) is 18.3. The van der Waals surface area contributed by atoms with Crippen LogP contribution in [0.5, 0.6) is 5.75 Å². The summed E-state index contributed by atoms with van der Waals surface area (Å²) in [5.41, 5.74) is -0.00135. The number of ether oxygens (including phenoxy) is 1. The molecule has 4 nitrogen and oxygen atoms in total. The van der Waals surface area contributed by atoms with Crippen molar-refractivity contribution in [1.82, 2.24) is 0 Å². The molecule has 0 atom stereocenters. The van der Waals surface area contributed by atoms with Gasteiger partial charge in [-0.3, -0.25) is 4.99 Å². The molecule has 190 valence electrons. The third kappa shape index (κ3) is 5.37. The molecule has 2 aromatic rings. The first-order valence-corrected chi connectivity index (χ1v) is 10.3. The third-order valence-corrected chi connectivity index (χ3v) is 5.16. The molecule has 4 rings (SSSR count). The van der Waals surface area contributed by atoms with Crippen LogP contribution in [0.1, 0.15) is 0 Å². The van der Waals surface area contributed by atoms with Gasteiger partial charge in [-0.2, -0.15) is 26.3 Å². The predicted octanol–water partition coefficient (Wildman–Crippen LogP) is 6.93. The van der Waals surface area contributed by atoms with Crippen molar-refractivity contribution in [2.24, 2.45) is 4.99 Å². The van der Waals surface area contributed by atoms with Gasteiger partial charge in [-0.25, -0.2) is 8.78 Å². The number of rotatable bonds is 5. The minimum absolute atomic E-state index is 0.0610. The zero-order chi connectivity index (χ0) is 26.3. The van der Waals surface area contributed by atoms with E-state index in [1.165, 1.54) is 7.11 Å². The summed E-state index contributed by atoms with van der Waals surface area (Å²) in [7, 11) is 1.37. The largest absolute Gasteiger partial charge is 0.496 e. The molecule has 2 aliphatic rings. The van der Waals surface area contributed by atoms with Gasteiger partial charge in [0.15, 0.2) is 0 Å². The van der Waals surface area contributed by atoms with Gasteiger partial charge >= 0.3 is 12.4 Å². The molecule has 0 bridgehead atoms. The number of halogens is 8. The second kappa shape index (κ2) is 9.32. The van der Waals surface area contributed by atoms with E-state index in [2.05, 4.69) is 4.99 Å². The van der Waals surface area contributed by atoms with Crippen molar-refractivity contribution in [2.75, 3.05) is 25.5 Å². The molecule has 0 aromatic heterocycles. The van der Waals surface area contributed by atoms with Crippen LogP contribution in [0.15, 0.2) is 57.9 Å². The maximum atomic E-state index is 14.8. The molecule has 0 amide bonds. The Morgan fingerprint density at radius 3 is 2.28 bits per heavy atom. The maximum Gasteiger partial charge on any atom is 0.407 e. The van der Waals surface area contributed by atoms with E-state index in [4.69, 9.17) is 9.15 Å². The number of nitrogens with zero attached hydrogens (tertiary/aromatic N) is 1. The van der Waals surface area contributed by atoms with Gasteiger partial charge in [-0.1, -0.05) is 18.2 Å². The summed E-state index contributed by atoms with van der Waals surface area (Å²) in [6.45, 7) is -3.16.